The minimum atomic E-state index is -0.0324. The van der Waals surface area contributed by atoms with E-state index in [0.717, 1.165) is 50.2 Å². The highest BCUT2D eigenvalue weighted by Crippen LogP contribution is 2.48. The van der Waals surface area contributed by atoms with E-state index in [1.165, 1.54) is 33.0 Å². The molecule has 0 atom stereocenters. The van der Waals surface area contributed by atoms with Gasteiger partial charge >= 0.3 is 5.69 Å². The molecule has 0 saturated carbocycles. The summed E-state index contributed by atoms with van der Waals surface area (Å²) >= 11 is 0. The maximum atomic E-state index is 12.6. The first-order chi connectivity index (χ1) is 22.5. The van der Waals surface area contributed by atoms with Crippen LogP contribution in [-0.2, 0) is 14.1 Å². The van der Waals surface area contributed by atoms with Crippen molar-refractivity contribution < 1.29 is 0 Å². The van der Waals surface area contributed by atoms with Crippen LogP contribution in [0.4, 0.5) is 0 Å². The summed E-state index contributed by atoms with van der Waals surface area (Å²) in [6, 6.07) is 46.6. The first-order valence-electron chi connectivity index (χ1n) is 15.4. The molecule has 0 aliphatic heterocycles. The molecule has 0 spiro atoms. The van der Waals surface area contributed by atoms with Crippen molar-refractivity contribution in [2.75, 3.05) is 0 Å². The van der Waals surface area contributed by atoms with Crippen molar-refractivity contribution in [1.29, 1.82) is 0 Å². The number of hydrogen-bond donors (Lipinski definition) is 0. The van der Waals surface area contributed by atoms with E-state index >= 15 is 0 Å². The van der Waals surface area contributed by atoms with E-state index in [2.05, 4.69) is 109 Å². The number of rotatable bonds is 4. The van der Waals surface area contributed by atoms with Gasteiger partial charge in [-0.05, 0) is 74.5 Å². The van der Waals surface area contributed by atoms with Gasteiger partial charge in [0.15, 0.2) is 5.82 Å². The molecule has 0 radical (unpaired) electrons. The zero-order valence-corrected chi connectivity index (χ0v) is 25.4. The normalized spacial score (nSPS) is 11.8. The number of benzene rings is 6. The minimum Gasteiger partial charge on any atom is -0.295 e. The monoisotopic (exact) mass is 592 g/mol. The van der Waals surface area contributed by atoms with Gasteiger partial charge in [-0.25, -0.2) is 14.8 Å². The number of aromatic nitrogens is 4. The van der Waals surface area contributed by atoms with Gasteiger partial charge in [0.25, 0.3) is 0 Å². The third-order valence-corrected chi connectivity index (χ3v) is 9.32. The fourth-order valence-electron chi connectivity index (χ4n) is 6.95. The summed E-state index contributed by atoms with van der Waals surface area (Å²) in [6.45, 7) is 0. The van der Waals surface area contributed by atoms with Gasteiger partial charge in [-0.3, -0.25) is 9.13 Å². The first-order valence-corrected chi connectivity index (χ1v) is 15.4. The van der Waals surface area contributed by atoms with Crippen LogP contribution in [0.2, 0.25) is 0 Å². The zero-order chi connectivity index (χ0) is 30.9. The number of fused-ring (bicyclic) bond motifs is 4. The Kier molecular flexibility index (Phi) is 5.71. The predicted molar refractivity (Wildman–Crippen MR) is 187 cm³/mol. The third kappa shape index (κ3) is 3.99. The summed E-state index contributed by atoms with van der Waals surface area (Å²) in [5.41, 5.74) is 13.7. The molecule has 2 aromatic heterocycles. The van der Waals surface area contributed by atoms with Crippen LogP contribution in [0.3, 0.4) is 0 Å². The second-order valence-electron chi connectivity index (χ2n) is 12.0. The molecular formula is C41H28N4O. The Balaban J connectivity index is 1.19. The quantitative estimate of drug-likeness (QED) is 0.205. The van der Waals surface area contributed by atoms with Crippen molar-refractivity contribution >= 4 is 21.8 Å². The Morgan fingerprint density at radius 3 is 1.85 bits per heavy atom. The fraction of sp³-hybridized carbons (Fsp3) is 0.0488. The summed E-state index contributed by atoms with van der Waals surface area (Å²) in [4.78, 5) is 22.8. The highest BCUT2D eigenvalue weighted by molar-refractivity contribution is 6.15. The predicted octanol–water partition coefficient (Wildman–Crippen LogP) is 9.14. The van der Waals surface area contributed by atoms with Crippen LogP contribution in [0.15, 0.2) is 138 Å². The standard InChI is InChI=1S/C41H28N4O/c1-44-37-20-18-28(23-38(37)45(2)41(44)46)27-13-6-14-29(21-27)35-24-36(43-40(42-35)26-9-4-3-5-10-26)30-17-19-31-32-15-7-11-25-12-8-16-33(39(25)32)34(31)22-30/h3-24H,1-2H3. The van der Waals surface area contributed by atoms with E-state index in [0.29, 0.717) is 5.82 Å². The van der Waals surface area contributed by atoms with Gasteiger partial charge in [0.1, 0.15) is 0 Å². The lowest BCUT2D eigenvalue weighted by atomic mass is 9.98. The average Bonchev–Trinajstić information content (AvgIpc) is 3.55. The van der Waals surface area contributed by atoms with Crippen molar-refractivity contribution in [1.82, 2.24) is 19.1 Å². The molecule has 0 saturated heterocycles. The van der Waals surface area contributed by atoms with E-state index < -0.39 is 0 Å². The Morgan fingerprint density at radius 1 is 0.457 bits per heavy atom. The molecule has 5 heteroatoms. The molecule has 46 heavy (non-hydrogen) atoms. The smallest absolute Gasteiger partial charge is 0.295 e. The van der Waals surface area contributed by atoms with Crippen LogP contribution in [-0.4, -0.2) is 19.1 Å². The van der Waals surface area contributed by atoms with Crippen molar-refractivity contribution in [2.24, 2.45) is 14.1 Å². The van der Waals surface area contributed by atoms with Crippen molar-refractivity contribution in [2.45, 2.75) is 0 Å². The maximum Gasteiger partial charge on any atom is 0.328 e. The Morgan fingerprint density at radius 2 is 1.07 bits per heavy atom. The van der Waals surface area contributed by atoms with Gasteiger partial charge < -0.3 is 0 Å². The van der Waals surface area contributed by atoms with E-state index in [4.69, 9.17) is 9.97 Å². The maximum absolute atomic E-state index is 12.6. The molecule has 218 valence electrons. The zero-order valence-electron chi connectivity index (χ0n) is 25.4. The second-order valence-corrected chi connectivity index (χ2v) is 12.0. The molecule has 0 fully saturated rings. The van der Waals surface area contributed by atoms with Gasteiger partial charge in [0.2, 0.25) is 0 Å². The van der Waals surface area contributed by atoms with Gasteiger partial charge in [-0.1, -0.05) is 103 Å². The van der Waals surface area contributed by atoms with Crippen LogP contribution in [0.1, 0.15) is 0 Å². The fourth-order valence-corrected chi connectivity index (χ4v) is 6.95. The summed E-state index contributed by atoms with van der Waals surface area (Å²) in [6.07, 6.45) is 0. The SMILES string of the molecule is Cn1c(=O)n(C)c2cc(-c3cccc(-c4cc(-c5ccc6c(c5)-c5cccc7cccc-6c57)nc(-c5ccccc5)n4)c3)ccc21. The van der Waals surface area contributed by atoms with Gasteiger partial charge in [-0.2, -0.15) is 0 Å². The highest BCUT2D eigenvalue weighted by atomic mass is 16.1. The van der Waals surface area contributed by atoms with E-state index in [1.54, 1.807) is 9.13 Å². The van der Waals surface area contributed by atoms with Gasteiger partial charge in [0.05, 0.1) is 22.4 Å². The molecule has 1 aliphatic rings. The molecule has 5 nitrogen and oxygen atoms in total. The average molecular weight is 593 g/mol. The Hall–Kier alpha value is -6.07. The third-order valence-electron chi connectivity index (χ3n) is 9.32. The lowest BCUT2D eigenvalue weighted by molar-refractivity contribution is 0.795. The van der Waals surface area contributed by atoms with Crippen molar-refractivity contribution in [3.05, 3.63) is 144 Å². The van der Waals surface area contributed by atoms with E-state index in [-0.39, 0.29) is 5.69 Å². The Labute approximate surface area is 265 Å². The second kappa shape index (κ2) is 9.98. The molecule has 0 amide bonds. The number of imidazole rings is 1. The number of aryl methyl sites for hydroxylation is 2. The molecule has 8 aromatic rings. The van der Waals surface area contributed by atoms with Crippen LogP contribution in [0, 0.1) is 0 Å². The summed E-state index contributed by atoms with van der Waals surface area (Å²) in [5, 5.41) is 2.58. The van der Waals surface area contributed by atoms with Gasteiger partial charge in [0, 0.05) is 30.8 Å². The summed E-state index contributed by atoms with van der Waals surface area (Å²) in [5.74, 6) is 0.685. The van der Waals surface area contributed by atoms with E-state index in [1.807, 2.05) is 38.4 Å². The lowest BCUT2D eigenvalue weighted by Gasteiger charge is -2.12. The van der Waals surface area contributed by atoms with Crippen molar-refractivity contribution in [3.8, 4) is 67.3 Å². The summed E-state index contributed by atoms with van der Waals surface area (Å²) in [7, 11) is 3.62. The summed E-state index contributed by atoms with van der Waals surface area (Å²) < 4.78 is 3.38. The molecule has 2 heterocycles. The van der Waals surface area contributed by atoms with Crippen LogP contribution in [0.5, 0.6) is 0 Å². The molecule has 1 aliphatic carbocycles. The first kappa shape index (κ1) is 26.3. The molecule has 0 unspecified atom stereocenters. The van der Waals surface area contributed by atoms with Crippen LogP contribution in [0.25, 0.3) is 89.1 Å². The molecular weight excluding hydrogens is 564 g/mol. The highest BCUT2D eigenvalue weighted by Gasteiger charge is 2.22. The van der Waals surface area contributed by atoms with Crippen LogP contribution >= 0.6 is 0 Å². The van der Waals surface area contributed by atoms with Gasteiger partial charge in [-0.15, -0.1) is 0 Å². The number of hydrogen-bond acceptors (Lipinski definition) is 3. The van der Waals surface area contributed by atoms with Crippen LogP contribution < -0.4 is 5.69 Å². The number of nitrogens with zero attached hydrogens (tertiary/aromatic N) is 4. The largest absolute Gasteiger partial charge is 0.328 e. The Bertz CT molecular complexity index is 2570. The molecule has 0 bridgehead atoms. The van der Waals surface area contributed by atoms with E-state index in [9.17, 15) is 4.79 Å². The molecule has 9 rings (SSSR count). The molecule has 6 aromatic carbocycles. The topological polar surface area (TPSA) is 52.7 Å². The lowest BCUT2D eigenvalue weighted by Crippen LogP contribution is -2.19. The van der Waals surface area contributed by atoms with Crippen molar-refractivity contribution in [3.63, 3.8) is 0 Å². The molecule has 0 N–H and O–H groups in total. The minimum absolute atomic E-state index is 0.0324.